The standard InChI is InChI=1S/C9H14N2S.ClH/c1-6-5-12-9(11-6)7-2-3-8(10)4-7;/h5,7-8H,2-4,10H2,1H3;1H/t7-,8-;/m1./s1. The summed E-state index contributed by atoms with van der Waals surface area (Å²) in [6, 6.07) is 0.416. The second-order valence-electron chi connectivity index (χ2n) is 3.60. The topological polar surface area (TPSA) is 38.9 Å². The first-order valence-electron chi connectivity index (χ1n) is 4.43. The van der Waals surface area contributed by atoms with Gasteiger partial charge in [-0.15, -0.1) is 23.7 Å². The second-order valence-corrected chi connectivity index (χ2v) is 4.49. The molecule has 1 heterocycles. The molecular formula is C9H15ClN2S. The third-order valence-electron chi connectivity index (χ3n) is 2.46. The van der Waals surface area contributed by atoms with E-state index >= 15 is 0 Å². The van der Waals surface area contributed by atoms with E-state index in [4.69, 9.17) is 5.73 Å². The van der Waals surface area contributed by atoms with Crippen molar-refractivity contribution < 1.29 is 0 Å². The average molecular weight is 219 g/mol. The van der Waals surface area contributed by atoms with Gasteiger partial charge in [0.2, 0.25) is 0 Å². The predicted octanol–water partition coefficient (Wildman–Crippen LogP) is 2.47. The third kappa shape index (κ3) is 2.42. The van der Waals surface area contributed by atoms with E-state index in [0.717, 1.165) is 12.1 Å². The molecule has 1 fully saturated rings. The zero-order valence-electron chi connectivity index (χ0n) is 7.69. The van der Waals surface area contributed by atoms with Gasteiger partial charge in [-0.3, -0.25) is 0 Å². The molecule has 2 N–H and O–H groups in total. The van der Waals surface area contributed by atoms with Gasteiger partial charge in [0.15, 0.2) is 0 Å². The van der Waals surface area contributed by atoms with Crippen LogP contribution in [-0.2, 0) is 0 Å². The number of rotatable bonds is 1. The summed E-state index contributed by atoms with van der Waals surface area (Å²) in [5.74, 6) is 0.652. The summed E-state index contributed by atoms with van der Waals surface area (Å²) < 4.78 is 0. The fourth-order valence-electron chi connectivity index (χ4n) is 1.80. The fourth-order valence-corrected chi connectivity index (χ4v) is 2.75. The van der Waals surface area contributed by atoms with Gasteiger partial charge in [0.25, 0.3) is 0 Å². The molecule has 2 rings (SSSR count). The van der Waals surface area contributed by atoms with Gasteiger partial charge in [0.1, 0.15) is 0 Å². The van der Waals surface area contributed by atoms with Crippen molar-refractivity contribution in [2.75, 3.05) is 0 Å². The molecule has 0 aliphatic heterocycles. The minimum Gasteiger partial charge on any atom is -0.328 e. The van der Waals surface area contributed by atoms with Gasteiger partial charge in [-0.25, -0.2) is 4.98 Å². The molecule has 13 heavy (non-hydrogen) atoms. The van der Waals surface area contributed by atoms with Crippen LogP contribution in [0.15, 0.2) is 5.38 Å². The number of nitrogens with zero attached hydrogens (tertiary/aromatic N) is 1. The minimum atomic E-state index is 0. The third-order valence-corrected chi connectivity index (χ3v) is 3.58. The molecule has 1 saturated carbocycles. The highest BCUT2D eigenvalue weighted by molar-refractivity contribution is 7.09. The maximum atomic E-state index is 5.85. The molecule has 1 aliphatic carbocycles. The maximum absolute atomic E-state index is 5.85. The van der Waals surface area contributed by atoms with Gasteiger partial charge in [0.05, 0.1) is 5.01 Å². The molecule has 0 radical (unpaired) electrons. The maximum Gasteiger partial charge on any atom is 0.0959 e. The minimum absolute atomic E-state index is 0. The van der Waals surface area contributed by atoms with Crippen LogP contribution in [0.3, 0.4) is 0 Å². The Balaban J connectivity index is 0.000000845. The molecule has 74 valence electrons. The van der Waals surface area contributed by atoms with Crippen LogP contribution >= 0.6 is 23.7 Å². The van der Waals surface area contributed by atoms with Crippen LogP contribution in [0.25, 0.3) is 0 Å². The number of hydrogen-bond acceptors (Lipinski definition) is 3. The predicted molar refractivity (Wildman–Crippen MR) is 58.7 cm³/mol. The number of aryl methyl sites for hydroxylation is 1. The van der Waals surface area contributed by atoms with Crippen molar-refractivity contribution in [2.45, 2.75) is 38.1 Å². The van der Waals surface area contributed by atoms with E-state index in [1.807, 2.05) is 0 Å². The van der Waals surface area contributed by atoms with Crippen molar-refractivity contribution in [1.82, 2.24) is 4.98 Å². The van der Waals surface area contributed by atoms with Gasteiger partial charge in [-0.1, -0.05) is 0 Å². The molecule has 0 saturated heterocycles. The second kappa shape index (κ2) is 4.40. The van der Waals surface area contributed by atoms with Gasteiger partial charge in [0, 0.05) is 23.0 Å². The van der Waals surface area contributed by atoms with E-state index in [1.165, 1.54) is 17.8 Å². The van der Waals surface area contributed by atoms with E-state index in [2.05, 4.69) is 17.3 Å². The molecule has 1 aromatic rings. The molecule has 2 atom stereocenters. The zero-order chi connectivity index (χ0) is 8.55. The summed E-state index contributed by atoms with van der Waals surface area (Å²) in [5.41, 5.74) is 6.99. The Labute approximate surface area is 89.0 Å². The Kier molecular flexibility index (Phi) is 3.71. The molecular weight excluding hydrogens is 204 g/mol. The Hall–Kier alpha value is -0.120. The number of nitrogens with two attached hydrogens (primary N) is 1. The number of aromatic nitrogens is 1. The number of halogens is 1. The molecule has 0 amide bonds. The van der Waals surface area contributed by atoms with Gasteiger partial charge >= 0.3 is 0 Å². The van der Waals surface area contributed by atoms with Crippen molar-refractivity contribution in [3.63, 3.8) is 0 Å². The average Bonchev–Trinajstić information content (AvgIpc) is 2.58. The monoisotopic (exact) mass is 218 g/mol. The van der Waals surface area contributed by atoms with Crippen LogP contribution in [0.1, 0.15) is 35.9 Å². The molecule has 0 unspecified atom stereocenters. The summed E-state index contributed by atoms with van der Waals surface area (Å²) >= 11 is 1.78. The molecule has 0 spiro atoms. The van der Waals surface area contributed by atoms with E-state index in [9.17, 15) is 0 Å². The summed E-state index contributed by atoms with van der Waals surface area (Å²) in [6.07, 6.45) is 3.53. The van der Waals surface area contributed by atoms with Crippen molar-refractivity contribution in [3.8, 4) is 0 Å². The van der Waals surface area contributed by atoms with E-state index < -0.39 is 0 Å². The molecule has 0 bridgehead atoms. The quantitative estimate of drug-likeness (QED) is 0.787. The van der Waals surface area contributed by atoms with Crippen LogP contribution in [0.5, 0.6) is 0 Å². The van der Waals surface area contributed by atoms with Gasteiger partial charge in [-0.05, 0) is 26.2 Å². The van der Waals surface area contributed by atoms with Crippen molar-refractivity contribution in [3.05, 3.63) is 16.1 Å². The normalized spacial score (nSPS) is 27.2. The first-order chi connectivity index (χ1) is 5.75. The SMILES string of the molecule is Cc1csc([C@@H]2CC[C@@H](N)C2)n1.Cl. The zero-order valence-corrected chi connectivity index (χ0v) is 9.33. The Morgan fingerprint density at radius 2 is 2.31 bits per heavy atom. The summed E-state index contributed by atoms with van der Waals surface area (Å²) in [5, 5.41) is 3.42. The molecule has 1 aliphatic rings. The highest BCUT2D eigenvalue weighted by atomic mass is 35.5. The molecule has 4 heteroatoms. The molecule has 2 nitrogen and oxygen atoms in total. The van der Waals surface area contributed by atoms with E-state index in [-0.39, 0.29) is 12.4 Å². The first kappa shape index (κ1) is 11.0. The fraction of sp³-hybridized carbons (Fsp3) is 0.667. The van der Waals surface area contributed by atoms with Crippen LogP contribution in [-0.4, -0.2) is 11.0 Å². The summed E-state index contributed by atoms with van der Waals surface area (Å²) in [6.45, 7) is 2.05. The lowest BCUT2D eigenvalue weighted by Gasteiger charge is -2.03. The van der Waals surface area contributed by atoms with Crippen LogP contribution in [0.4, 0.5) is 0 Å². The lowest BCUT2D eigenvalue weighted by molar-refractivity contribution is 0.671. The Bertz CT molecular complexity index is 274. The van der Waals surface area contributed by atoms with Crippen molar-refractivity contribution >= 4 is 23.7 Å². The van der Waals surface area contributed by atoms with Crippen LogP contribution < -0.4 is 5.73 Å². The molecule has 0 aromatic carbocycles. The lowest BCUT2D eigenvalue weighted by Crippen LogP contribution is -2.14. The highest BCUT2D eigenvalue weighted by Crippen LogP contribution is 2.34. The smallest absolute Gasteiger partial charge is 0.0959 e. The first-order valence-corrected chi connectivity index (χ1v) is 5.31. The Morgan fingerprint density at radius 1 is 1.54 bits per heavy atom. The summed E-state index contributed by atoms with van der Waals surface area (Å²) in [7, 11) is 0. The number of hydrogen-bond donors (Lipinski definition) is 1. The number of thiazole rings is 1. The van der Waals surface area contributed by atoms with Gasteiger partial charge in [-0.2, -0.15) is 0 Å². The van der Waals surface area contributed by atoms with E-state index in [0.29, 0.717) is 12.0 Å². The van der Waals surface area contributed by atoms with Crippen molar-refractivity contribution in [1.29, 1.82) is 0 Å². The highest BCUT2D eigenvalue weighted by Gasteiger charge is 2.24. The van der Waals surface area contributed by atoms with E-state index in [1.54, 1.807) is 11.3 Å². The summed E-state index contributed by atoms with van der Waals surface area (Å²) in [4.78, 5) is 4.49. The largest absolute Gasteiger partial charge is 0.328 e. The molecule has 1 aromatic heterocycles. The van der Waals surface area contributed by atoms with Crippen molar-refractivity contribution in [2.24, 2.45) is 5.73 Å². The van der Waals surface area contributed by atoms with Gasteiger partial charge < -0.3 is 5.73 Å². The van der Waals surface area contributed by atoms with Crippen LogP contribution in [0.2, 0.25) is 0 Å². The lowest BCUT2D eigenvalue weighted by atomic mass is 10.1. The van der Waals surface area contributed by atoms with Crippen LogP contribution in [0, 0.1) is 6.92 Å². The Morgan fingerprint density at radius 3 is 2.77 bits per heavy atom.